The first-order chi connectivity index (χ1) is 8.18. The zero-order valence-electron chi connectivity index (χ0n) is 9.77. The molecule has 1 saturated heterocycles. The van der Waals surface area contributed by atoms with Gasteiger partial charge in [-0.1, -0.05) is 0 Å². The van der Waals surface area contributed by atoms with Crippen LogP contribution in [0.25, 0.3) is 0 Å². The van der Waals surface area contributed by atoms with Gasteiger partial charge in [-0.05, 0) is 19.8 Å². The third-order valence-electron chi connectivity index (χ3n) is 2.90. The SMILES string of the molecule is CC(NC(=O)c1cn[nH]c1)C(=O)N1CCCC1. The van der Waals surface area contributed by atoms with Gasteiger partial charge in [-0.2, -0.15) is 5.10 Å². The summed E-state index contributed by atoms with van der Waals surface area (Å²) in [6, 6.07) is -0.490. The maximum atomic E-state index is 11.9. The maximum absolute atomic E-state index is 11.9. The average Bonchev–Trinajstić information content (AvgIpc) is 3.00. The Labute approximate surface area is 99.4 Å². The highest BCUT2D eigenvalue weighted by Crippen LogP contribution is 2.09. The van der Waals surface area contributed by atoms with E-state index in [0.29, 0.717) is 5.56 Å². The van der Waals surface area contributed by atoms with Crippen LogP contribution in [0.15, 0.2) is 12.4 Å². The van der Waals surface area contributed by atoms with E-state index in [9.17, 15) is 9.59 Å². The zero-order valence-corrected chi connectivity index (χ0v) is 9.77. The number of amides is 2. The number of carbonyl (C=O) groups excluding carboxylic acids is 2. The van der Waals surface area contributed by atoms with Crippen molar-refractivity contribution in [1.82, 2.24) is 20.4 Å². The topological polar surface area (TPSA) is 78.1 Å². The van der Waals surface area contributed by atoms with Crippen molar-refractivity contribution >= 4 is 11.8 Å². The van der Waals surface area contributed by atoms with E-state index < -0.39 is 6.04 Å². The molecule has 1 unspecified atom stereocenters. The fraction of sp³-hybridized carbons (Fsp3) is 0.545. The quantitative estimate of drug-likeness (QED) is 0.784. The lowest BCUT2D eigenvalue weighted by Gasteiger charge is -2.20. The summed E-state index contributed by atoms with van der Waals surface area (Å²) >= 11 is 0. The molecule has 2 heterocycles. The molecule has 17 heavy (non-hydrogen) atoms. The molecule has 1 aromatic heterocycles. The zero-order chi connectivity index (χ0) is 12.3. The van der Waals surface area contributed by atoms with E-state index in [1.165, 1.54) is 12.4 Å². The number of aromatic nitrogens is 2. The molecular formula is C11H16N4O2. The Balaban J connectivity index is 1.90. The van der Waals surface area contributed by atoms with E-state index in [0.717, 1.165) is 25.9 Å². The second kappa shape index (κ2) is 4.99. The maximum Gasteiger partial charge on any atom is 0.255 e. The molecule has 1 fully saturated rings. The van der Waals surface area contributed by atoms with E-state index in [1.807, 2.05) is 0 Å². The van der Waals surface area contributed by atoms with Crippen LogP contribution in [-0.2, 0) is 4.79 Å². The molecule has 6 nitrogen and oxygen atoms in total. The fourth-order valence-corrected chi connectivity index (χ4v) is 1.93. The minimum Gasteiger partial charge on any atom is -0.341 e. The molecule has 0 aromatic carbocycles. The molecule has 1 atom stereocenters. The monoisotopic (exact) mass is 236 g/mol. The van der Waals surface area contributed by atoms with Crippen LogP contribution in [0, 0.1) is 0 Å². The van der Waals surface area contributed by atoms with Crippen molar-refractivity contribution in [2.24, 2.45) is 0 Å². The van der Waals surface area contributed by atoms with Crippen LogP contribution in [0.3, 0.4) is 0 Å². The number of likely N-dealkylation sites (tertiary alicyclic amines) is 1. The lowest BCUT2D eigenvalue weighted by molar-refractivity contribution is -0.131. The highest BCUT2D eigenvalue weighted by molar-refractivity contribution is 5.97. The Morgan fingerprint density at radius 2 is 2.18 bits per heavy atom. The summed E-state index contributed by atoms with van der Waals surface area (Å²) in [7, 11) is 0. The molecule has 92 valence electrons. The van der Waals surface area contributed by atoms with Crippen molar-refractivity contribution in [3.05, 3.63) is 18.0 Å². The van der Waals surface area contributed by atoms with Gasteiger partial charge in [-0.15, -0.1) is 0 Å². The van der Waals surface area contributed by atoms with Gasteiger partial charge in [0.2, 0.25) is 5.91 Å². The van der Waals surface area contributed by atoms with Crippen molar-refractivity contribution < 1.29 is 9.59 Å². The van der Waals surface area contributed by atoms with Crippen LogP contribution in [-0.4, -0.2) is 46.0 Å². The number of hydrogen-bond acceptors (Lipinski definition) is 3. The van der Waals surface area contributed by atoms with E-state index in [1.54, 1.807) is 11.8 Å². The molecule has 1 aliphatic rings. The third-order valence-corrected chi connectivity index (χ3v) is 2.90. The Kier molecular flexibility index (Phi) is 3.41. The highest BCUT2D eigenvalue weighted by Gasteiger charge is 2.24. The number of carbonyl (C=O) groups is 2. The van der Waals surface area contributed by atoms with Crippen molar-refractivity contribution in [2.75, 3.05) is 13.1 Å². The molecule has 0 radical (unpaired) electrons. The Morgan fingerprint density at radius 3 is 2.76 bits per heavy atom. The molecule has 0 saturated carbocycles. The van der Waals surface area contributed by atoms with E-state index in [-0.39, 0.29) is 11.8 Å². The van der Waals surface area contributed by atoms with Crippen LogP contribution in [0.5, 0.6) is 0 Å². The average molecular weight is 236 g/mol. The van der Waals surface area contributed by atoms with Crippen molar-refractivity contribution in [2.45, 2.75) is 25.8 Å². The number of H-pyrrole nitrogens is 1. The van der Waals surface area contributed by atoms with Gasteiger partial charge >= 0.3 is 0 Å². The molecule has 1 aromatic rings. The van der Waals surface area contributed by atoms with Gasteiger partial charge in [-0.3, -0.25) is 14.7 Å². The van der Waals surface area contributed by atoms with Gasteiger partial charge < -0.3 is 10.2 Å². The van der Waals surface area contributed by atoms with Gasteiger partial charge in [0.25, 0.3) is 5.91 Å². The smallest absolute Gasteiger partial charge is 0.255 e. The Hall–Kier alpha value is -1.85. The summed E-state index contributed by atoms with van der Waals surface area (Å²) < 4.78 is 0. The molecule has 2 N–H and O–H groups in total. The predicted molar refractivity (Wildman–Crippen MR) is 61.3 cm³/mol. The summed E-state index contributed by atoms with van der Waals surface area (Å²) in [5, 5.41) is 8.92. The highest BCUT2D eigenvalue weighted by atomic mass is 16.2. The van der Waals surface area contributed by atoms with Crippen LogP contribution in [0.1, 0.15) is 30.1 Å². The van der Waals surface area contributed by atoms with E-state index >= 15 is 0 Å². The first-order valence-electron chi connectivity index (χ1n) is 5.77. The molecule has 6 heteroatoms. The standard InChI is InChI=1S/C11H16N4O2/c1-8(11(17)15-4-2-3-5-15)14-10(16)9-6-12-13-7-9/h6-8H,2-5H2,1H3,(H,12,13)(H,14,16). The number of aromatic amines is 1. The molecular weight excluding hydrogens is 220 g/mol. The van der Waals surface area contributed by atoms with Gasteiger partial charge in [0.05, 0.1) is 11.8 Å². The summed E-state index contributed by atoms with van der Waals surface area (Å²) in [4.78, 5) is 25.4. The lowest BCUT2D eigenvalue weighted by Crippen LogP contribution is -2.45. The van der Waals surface area contributed by atoms with Crippen molar-refractivity contribution in [1.29, 1.82) is 0 Å². The first kappa shape index (κ1) is 11.6. The van der Waals surface area contributed by atoms with Gasteiger partial charge in [0.1, 0.15) is 6.04 Å². The minimum absolute atomic E-state index is 0.0145. The van der Waals surface area contributed by atoms with Crippen molar-refractivity contribution in [3.63, 3.8) is 0 Å². The normalized spacial score (nSPS) is 16.9. The van der Waals surface area contributed by atoms with Crippen LogP contribution >= 0.6 is 0 Å². The van der Waals surface area contributed by atoms with Crippen molar-refractivity contribution in [3.8, 4) is 0 Å². The Bertz CT molecular complexity index is 396. The Morgan fingerprint density at radius 1 is 1.47 bits per heavy atom. The minimum atomic E-state index is -0.490. The van der Waals surface area contributed by atoms with Gasteiger partial charge in [0.15, 0.2) is 0 Å². The molecule has 2 amide bonds. The second-order valence-electron chi connectivity index (χ2n) is 4.21. The first-order valence-corrected chi connectivity index (χ1v) is 5.77. The number of hydrogen-bond donors (Lipinski definition) is 2. The number of nitrogens with zero attached hydrogens (tertiary/aromatic N) is 2. The lowest BCUT2D eigenvalue weighted by atomic mass is 10.2. The summed E-state index contributed by atoms with van der Waals surface area (Å²) in [5.74, 6) is -0.293. The molecule has 0 spiro atoms. The largest absolute Gasteiger partial charge is 0.341 e. The fourth-order valence-electron chi connectivity index (χ4n) is 1.93. The third kappa shape index (κ3) is 2.64. The number of nitrogens with one attached hydrogen (secondary N) is 2. The summed E-state index contributed by atoms with van der Waals surface area (Å²) in [5.41, 5.74) is 0.436. The van der Waals surface area contributed by atoms with Crippen LogP contribution < -0.4 is 5.32 Å². The number of rotatable bonds is 3. The summed E-state index contributed by atoms with van der Waals surface area (Å²) in [6.07, 6.45) is 5.03. The molecule has 1 aliphatic heterocycles. The summed E-state index contributed by atoms with van der Waals surface area (Å²) in [6.45, 7) is 3.30. The predicted octanol–water partition coefficient (Wildman–Crippen LogP) is 0.150. The van der Waals surface area contributed by atoms with E-state index in [2.05, 4.69) is 15.5 Å². The van der Waals surface area contributed by atoms with Gasteiger partial charge in [-0.25, -0.2) is 0 Å². The van der Waals surface area contributed by atoms with Crippen LogP contribution in [0.4, 0.5) is 0 Å². The molecule has 0 bridgehead atoms. The van der Waals surface area contributed by atoms with Gasteiger partial charge in [0, 0.05) is 19.3 Å². The molecule has 0 aliphatic carbocycles. The van der Waals surface area contributed by atoms with E-state index in [4.69, 9.17) is 0 Å². The molecule has 2 rings (SSSR count). The van der Waals surface area contributed by atoms with Crippen LogP contribution in [0.2, 0.25) is 0 Å². The second-order valence-corrected chi connectivity index (χ2v) is 4.21.